The van der Waals surface area contributed by atoms with E-state index >= 15 is 0 Å². The number of nitrogens with one attached hydrogen (secondary N) is 1. The van der Waals surface area contributed by atoms with Crippen LogP contribution in [0.3, 0.4) is 0 Å². The molecule has 0 unspecified atom stereocenters. The van der Waals surface area contributed by atoms with E-state index in [0.29, 0.717) is 16.3 Å². The molecule has 122 valence electrons. The Labute approximate surface area is 142 Å². The van der Waals surface area contributed by atoms with Crippen LogP contribution in [0, 0.1) is 6.92 Å². The predicted octanol–water partition coefficient (Wildman–Crippen LogP) is 3.75. The van der Waals surface area contributed by atoms with E-state index in [1.54, 1.807) is 13.0 Å². The molecule has 0 saturated carbocycles. The zero-order chi connectivity index (χ0) is 17.1. The number of aromatic nitrogens is 1. The molecular formula is C17H14N2O4S. The maximum absolute atomic E-state index is 12.2. The van der Waals surface area contributed by atoms with Crippen LogP contribution in [0.4, 0.5) is 5.69 Å². The normalized spacial score (nSPS) is 10.4. The highest BCUT2D eigenvalue weighted by Crippen LogP contribution is 2.35. The number of aryl methyl sites for hydroxylation is 1. The molecule has 1 amide bonds. The molecule has 24 heavy (non-hydrogen) atoms. The van der Waals surface area contributed by atoms with E-state index in [0.717, 1.165) is 10.4 Å². The predicted molar refractivity (Wildman–Crippen MR) is 90.3 cm³/mol. The highest BCUT2D eigenvalue weighted by molar-refractivity contribution is 7.18. The number of rotatable bonds is 4. The topological polar surface area (TPSA) is 81.4 Å². The molecule has 1 aromatic carbocycles. The average Bonchev–Trinajstić information content (AvgIpc) is 3.21. The first-order valence-corrected chi connectivity index (χ1v) is 7.92. The lowest BCUT2D eigenvalue weighted by atomic mass is 10.2. The summed E-state index contributed by atoms with van der Waals surface area (Å²) < 4.78 is 9.74. The fraction of sp³-hybridized carbons (Fsp3) is 0.118. The van der Waals surface area contributed by atoms with Gasteiger partial charge in [-0.25, -0.2) is 4.79 Å². The largest absolute Gasteiger partial charge is 0.465 e. The molecule has 0 spiro atoms. The van der Waals surface area contributed by atoms with Gasteiger partial charge >= 0.3 is 5.97 Å². The second kappa shape index (κ2) is 6.67. The first kappa shape index (κ1) is 15.9. The summed E-state index contributed by atoms with van der Waals surface area (Å²) in [6.07, 6.45) is 0. The number of ether oxygens (including phenoxy) is 1. The second-order valence-electron chi connectivity index (χ2n) is 5.00. The summed E-state index contributed by atoms with van der Waals surface area (Å²) in [7, 11) is 1.30. The lowest BCUT2D eigenvalue weighted by Crippen LogP contribution is -2.13. The number of amides is 1. The number of esters is 1. The first-order valence-electron chi connectivity index (χ1n) is 7.10. The van der Waals surface area contributed by atoms with Gasteiger partial charge in [-0.15, -0.1) is 11.3 Å². The minimum Gasteiger partial charge on any atom is -0.465 e. The SMILES string of the molecule is COC(=O)c1sc(-c2ccccc2)cc1NC(=O)c1cc(C)no1. The van der Waals surface area contributed by atoms with Crippen LogP contribution in [-0.2, 0) is 4.74 Å². The van der Waals surface area contributed by atoms with Crippen LogP contribution in [0.15, 0.2) is 47.0 Å². The number of benzene rings is 1. The molecule has 0 atom stereocenters. The molecule has 0 bridgehead atoms. The molecular weight excluding hydrogens is 328 g/mol. The average molecular weight is 342 g/mol. The third kappa shape index (κ3) is 3.21. The minimum absolute atomic E-state index is 0.0794. The molecule has 0 saturated heterocycles. The summed E-state index contributed by atoms with van der Waals surface area (Å²) >= 11 is 1.25. The lowest BCUT2D eigenvalue weighted by Gasteiger charge is -2.02. The smallest absolute Gasteiger partial charge is 0.350 e. The van der Waals surface area contributed by atoms with Crippen LogP contribution in [-0.4, -0.2) is 24.1 Å². The summed E-state index contributed by atoms with van der Waals surface area (Å²) in [5, 5.41) is 6.36. The van der Waals surface area contributed by atoms with Gasteiger partial charge in [0.1, 0.15) is 4.88 Å². The number of anilines is 1. The molecule has 2 heterocycles. The van der Waals surface area contributed by atoms with Crippen molar-refractivity contribution < 1.29 is 18.8 Å². The van der Waals surface area contributed by atoms with Gasteiger partial charge in [0.2, 0.25) is 5.76 Å². The van der Waals surface area contributed by atoms with E-state index in [1.165, 1.54) is 24.5 Å². The van der Waals surface area contributed by atoms with E-state index in [9.17, 15) is 9.59 Å². The number of hydrogen-bond acceptors (Lipinski definition) is 6. The number of hydrogen-bond donors (Lipinski definition) is 1. The van der Waals surface area contributed by atoms with Gasteiger partial charge in [-0.2, -0.15) is 0 Å². The van der Waals surface area contributed by atoms with Crippen molar-refractivity contribution in [1.82, 2.24) is 5.16 Å². The van der Waals surface area contributed by atoms with Crippen molar-refractivity contribution in [3.05, 3.63) is 58.8 Å². The van der Waals surface area contributed by atoms with Crippen molar-refractivity contribution in [3.8, 4) is 10.4 Å². The summed E-state index contributed by atoms with van der Waals surface area (Å²) in [5.74, 6) is -0.903. The Balaban J connectivity index is 1.95. The van der Waals surface area contributed by atoms with Gasteiger partial charge in [-0.1, -0.05) is 35.5 Å². The maximum Gasteiger partial charge on any atom is 0.350 e. The number of carbonyl (C=O) groups excluding carboxylic acids is 2. The van der Waals surface area contributed by atoms with Gasteiger partial charge in [-0.05, 0) is 18.6 Å². The van der Waals surface area contributed by atoms with Crippen LogP contribution < -0.4 is 5.32 Å². The molecule has 0 fully saturated rings. The Morgan fingerprint density at radius 3 is 2.58 bits per heavy atom. The lowest BCUT2D eigenvalue weighted by molar-refractivity contribution is 0.0607. The molecule has 6 nitrogen and oxygen atoms in total. The molecule has 7 heteroatoms. The Bertz CT molecular complexity index is 883. The summed E-state index contributed by atoms with van der Waals surface area (Å²) in [6, 6.07) is 12.8. The third-order valence-corrected chi connectivity index (χ3v) is 4.43. The highest BCUT2D eigenvalue weighted by atomic mass is 32.1. The molecule has 0 aliphatic rings. The van der Waals surface area contributed by atoms with E-state index in [-0.39, 0.29) is 5.76 Å². The van der Waals surface area contributed by atoms with E-state index in [1.807, 2.05) is 30.3 Å². The Morgan fingerprint density at radius 2 is 1.96 bits per heavy atom. The van der Waals surface area contributed by atoms with E-state index < -0.39 is 11.9 Å². The minimum atomic E-state index is -0.508. The monoisotopic (exact) mass is 342 g/mol. The molecule has 0 aliphatic heterocycles. The molecule has 2 aromatic heterocycles. The zero-order valence-corrected chi connectivity index (χ0v) is 13.8. The highest BCUT2D eigenvalue weighted by Gasteiger charge is 2.21. The van der Waals surface area contributed by atoms with Crippen LogP contribution in [0.1, 0.15) is 25.9 Å². The summed E-state index contributed by atoms with van der Waals surface area (Å²) in [5.41, 5.74) is 1.93. The number of methoxy groups -OCH3 is 1. The van der Waals surface area contributed by atoms with Crippen LogP contribution in [0.2, 0.25) is 0 Å². The van der Waals surface area contributed by atoms with Gasteiger partial charge in [-0.3, -0.25) is 4.79 Å². The molecule has 3 aromatic rings. The first-order chi connectivity index (χ1) is 11.6. The summed E-state index contributed by atoms with van der Waals surface area (Å²) in [6.45, 7) is 1.72. The molecule has 1 N–H and O–H groups in total. The van der Waals surface area contributed by atoms with Gasteiger partial charge in [0.05, 0.1) is 18.5 Å². The van der Waals surface area contributed by atoms with Crippen molar-refractivity contribution >= 4 is 28.9 Å². The molecule has 0 radical (unpaired) electrons. The second-order valence-corrected chi connectivity index (χ2v) is 6.05. The zero-order valence-electron chi connectivity index (χ0n) is 13.0. The van der Waals surface area contributed by atoms with Crippen LogP contribution in [0.25, 0.3) is 10.4 Å². The van der Waals surface area contributed by atoms with Crippen molar-refractivity contribution in [3.63, 3.8) is 0 Å². The van der Waals surface area contributed by atoms with Gasteiger partial charge in [0.25, 0.3) is 5.91 Å². The van der Waals surface area contributed by atoms with E-state index in [4.69, 9.17) is 9.26 Å². The van der Waals surface area contributed by atoms with E-state index in [2.05, 4.69) is 10.5 Å². The van der Waals surface area contributed by atoms with Gasteiger partial charge in [0.15, 0.2) is 0 Å². The van der Waals surface area contributed by atoms with Crippen molar-refractivity contribution in [1.29, 1.82) is 0 Å². The van der Waals surface area contributed by atoms with Gasteiger partial charge in [0, 0.05) is 10.9 Å². The fourth-order valence-electron chi connectivity index (χ4n) is 2.13. The maximum atomic E-state index is 12.2. The number of nitrogens with zero attached hydrogens (tertiary/aromatic N) is 1. The van der Waals surface area contributed by atoms with Crippen molar-refractivity contribution in [2.24, 2.45) is 0 Å². The molecule has 0 aliphatic carbocycles. The van der Waals surface area contributed by atoms with Crippen molar-refractivity contribution in [2.45, 2.75) is 6.92 Å². The number of thiophene rings is 1. The Hall–Kier alpha value is -2.93. The number of carbonyl (C=O) groups is 2. The Kier molecular flexibility index (Phi) is 4.43. The van der Waals surface area contributed by atoms with Crippen molar-refractivity contribution in [2.75, 3.05) is 12.4 Å². The van der Waals surface area contributed by atoms with Gasteiger partial charge < -0.3 is 14.6 Å². The van der Waals surface area contributed by atoms with Crippen LogP contribution in [0.5, 0.6) is 0 Å². The van der Waals surface area contributed by atoms with Crippen LogP contribution >= 0.6 is 11.3 Å². The molecule has 3 rings (SSSR count). The third-order valence-electron chi connectivity index (χ3n) is 3.26. The fourth-order valence-corrected chi connectivity index (χ4v) is 3.16. The summed E-state index contributed by atoms with van der Waals surface area (Å²) in [4.78, 5) is 25.4. The standard InChI is InChI=1S/C17H14N2O4S/c1-10-8-13(23-19-10)16(20)18-12-9-14(11-6-4-3-5-7-11)24-15(12)17(21)22-2/h3-9H,1-2H3,(H,18,20). The quantitative estimate of drug-likeness (QED) is 0.730. The Morgan fingerprint density at radius 1 is 1.21 bits per heavy atom.